The topological polar surface area (TPSA) is 38.3 Å². The quantitative estimate of drug-likeness (QED) is 0.582. The highest BCUT2D eigenvalue weighted by Crippen LogP contribution is 2.33. The number of quaternary nitrogens is 1. The molecule has 0 unspecified atom stereocenters. The van der Waals surface area contributed by atoms with Crippen LogP contribution in [0.25, 0.3) is 6.08 Å². The number of amides is 1. The smallest absolute Gasteiger partial charge is 0.255 e. The predicted octanol–water partition coefficient (Wildman–Crippen LogP) is 5.97. The SMILES string of the molecule is Cc1cc(Cl)cc2c1OCC(C(=O)Nc1ccc(C[N+](C)(C)C3CCCCC3)cc1)=C2. The van der Waals surface area contributed by atoms with E-state index in [1.807, 2.05) is 37.3 Å². The van der Waals surface area contributed by atoms with Gasteiger partial charge in [-0.3, -0.25) is 4.79 Å². The molecule has 1 fully saturated rings. The molecule has 5 heteroatoms. The molecule has 1 N–H and O–H groups in total. The summed E-state index contributed by atoms with van der Waals surface area (Å²) in [5, 5.41) is 3.64. The van der Waals surface area contributed by atoms with E-state index in [1.54, 1.807) is 0 Å². The Bertz CT molecular complexity index is 989. The minimum Gasteiger partial charge on any atom is -0.488 e. The highest BCUT2D eigenvalue weighted by atomic mass is 35.5. The number of halogens is 1. The highest BCUT2D eigenvalue weighted by Gasteiger charge is 2.29. The van der Waals surface area contributed by atoms with Gasteiger partial charge >= 0.3 is 0 Å². The number of aryl methyl sites for hydroxylation is 1. The molecule has 4 rings (SSSR count). The number of carbonyl (C=O) groups is 1. The van der Waals surface area contributed by atoms with Crippen LogP contribution in [0, 0.1) is 6.92 Å². The fourth-order valence-electron chi connectivity index (χ4n) is 4.86. The maximum absolute atomic E-state index is 12.8. The van der Waals surface area contributed by atoms with Crippen LogP contribution in [0.5, 0.6) is 5.75 Å². The highest BCUT2D eigenvalue weighted by molar-refractivity contribution is 6.31. The van der Waals surface area contributed by atoms with E-state index in [0.29, 0.717) is 10.6 Å². The molecule has 2 aliphatic rings. The van der Waals surface area contributed by atoms with Gasteiger partial charge in [-0.15, -0.1) is 0 Å². The number of nitrogens with zero attached hydrogens (tertiary/aromatic N) is 1. The van der Waals surface area contributed by atoms with Crippen molar-refractivity contribution in [3.8, 4) is 5.75 Å². The van der Waals surface area contributed by atoms with E-state index >= 15 is 0 Å². The van der Waals surface area contributed by atoms with E-state index in [9.17, 15) is 4.79 Å². The average Bonchev–Trinajstić information content (AvgIpc) is 2.75. The second-order valence-corrected chi connectivity index (χ2v) is 9.92. The van der Waals surface area contributed by atoms with Crippen LogP contribution in [0.1, 0.15) is 48.8 Å². The van der Waals surface area contributed by atoms with Gasteiger partial charge in [0, 0.05) is 21.8 Å². The van der Waals surface area contributed by atoms with Gasteiger partial charge in [-0.05, 0) is 68.5 Å². The van der Waals surface area contributed by atoms with Crippen LogP contribution in [0.3, 0.4) is 0 Å². The maximum Gasteiger partial charge on any atom is 0.255 e. The molecule has 164 valence electrons. The van der Waals surface area contributed by atoms with Crippen LogP contribution in [0.15, 0.2) is 42.0 Å². The van der Waals surface area contributed by atoms with Gasteiger partial charge in [0.05, 0.1) is 25.7 Å². The predicted molar refractivity (Wildman–Crippen MR) is 127 cm³/mol. The molecule has 4 nitrogen and oxygen atoms in total. The molecule has 31 heavy (non-hydrogen) atoms. The Kier molecular flexibility index (Phi) is 6.40. The first kappa shape index (κ1) is 21.9. The zero-order chi connectivity index (χ0) is 22.0. The Hall–Kier alpha value is -2.30. The van der Waals surface area contributed by atoms with Gasteiger partial charge < -0.3 is 14.5 Å². The number of carbonyl (C=O) groups excluding carboxylic acids is 1. The Balaban J connectivity index is 1.41. The number of ether oxygens (including phenoxy) is 1. The van der Waals surface area contributed by atoms with Crippen LogP contribution in [-0.2, 0) is 11.3 Å². The lowest BCUT2D eigenvalue weighted by molar-refractivity contribution is -0.929. The number of rotatable bonds is 5. The molecule has 2 aromatic rings. The van der Waals surface area contributed by atoms with Gasteiger partial charge in [-0.1, -0.05) is 30.2 Å². The Morgan fingerprint density at radius 3 is 2.55 bits per heavy atom. The van der Waals surface area contributed by atoms with E-state index in [2.05, 4.69) is 31.5 Å². The number of fused-ring (bicyclic) bond motifs is 1. The lowest BCUT2D eigenvalue weighted by Gasteiger charge is -2.40. The molecule has 1 aliphatic heterocycles. The lowest BCUT2D eigenvalue weighted by atomic mass is 9.92. The van der Waals surface area contributed by atoms with E-state index in [-0.39, 0.29) is 12.5 Å². The van der Waals surface area contributed by atoms with Crippen molar-refractivity contribution in [2.24, 2.45) is 0 Å². The van der Waals surface area contributed by atoms with Crippen LogP contribution < -0.4 is 10.1 Å². The molecule has 0 aromatic heterocycles. The lowest BCUT2D eigenvalue weighted by Crippen LogP contribution is -2.48. The van der Waals surface area contributed by atoms with E-state index in [4.69, 9.17) is 16.3 Å². The first-order chi connectivity index (χ1) is 14.8. The summed E-state index contributed by atoms with van der Waals surface area (Å²) in [5.41, 5.74) is 4.51. The summed E-state index contributed by atoms with van der Waals surface area (Å²) in [6.45, 7) is 3.22. The van der Waals surface area contributed by atoms with Crippen molar-refractivity contribution in [2.75, 3.05) is 26.0 Å². The Morgan fingerprint density at radius 2 is 1.84 bits per heavy atom. The van der Waals surface area contributed by atoms with Crippen molar-refractivity contribution in [2.45, 2.75) is 51.6 Å². The first-order valence-electron chi connectivity index (χ1n) is 11.2. The second kappa shape index (κ2) is 9.05. The average molecular weight is 440 g/mol. The molecule has 2 aromatic carbocycles. The van der Waals surface area contributed by atoms with Gasteiger partial charge in [-0.2, -0.15) is 0 Å². The summed E-state index contributed by atoms with van der Waals surface area (Å²) in [7, 11) is 4.68. The normalized spacial score (nSPS) is 16.8. The number of hydrogen-bond acceptors (Lipinski definition) is 2. The molecule has 1 heterocycles. The minimum absolute atomic E-state index is 0.144. The van der Waals surface area contributed by atoms with Crippen LogP contribution in [0.2, 0.25) is 5.02 Å². The van der Waals surface area contributed by atoms with E-state index in [0.717, 1.165) is 39.6 Å². The Labute approximate surface area is 190 Å². The molecule has 1 aliphatic carbocycles. The Morgan fingerprint density at radius 1 is 1.13 bits per heavy atom. The minimum atomic E-state index is -0.144. The molecule has 1 amide bonds. The van der Waals surface area contributed by atoms with Crippen LogP contribution in [-0.4, -0.2) is 37.1 Å². The standard InChI is InChI=1S/C26H31ClN2O2/c1-18-13-22(27)15-20-14-21(17-31-25(18)20)26(30)28-23-11-9-19(10-12-23)16-29(2,3)24-7-5-4-6-8-24/h9-15,24H,4-8,16-17H2,1-3H3/p+1. The first-order valence-corrected chi connectivity index (χ1v) is 11.6. The zero-order valence-electron chi connectivity index (χ0n) is 18.7. The molecular formula is C26H32ClN2O2+. The summed E-state index contributed by atoms with van der Waals surface area (Å²) in [5.74, 6) is 0.651. The van der Waals surface area contributed by atoms with Crippen molar-refractivity contribution >= 4 is 29.3 Å². The number of hydrogen-bond donors (Lipinski definition) is 1. The third-order valence-corrected chi connectivity index (χ3v) is 6.84. The number of benzene rings is 2. The largest absolute Gasteiger partial charge is 0.488 e. The molecule has 1 saturated carbocycles. The number of nitrogens with one attached hydrogen (secondary N) is 1. The molecular weight excluding hydrogens is 408 g/mol. The van der Waals surface area contributed by atoms with E-state index in [1.165, 1.54) is 37.7 Å². The summed E-state index contributed by atoms with van der Waals surface area (Å²) in [6, 6.07) is 12.7. The third-order valence-electron chi connectivity index (χ3n) is 6.63. The molecule has 0 atom stereocenters. The summed E-state index contributed by atoms with van der Waals surface area (Å²) in [6.07, 6.45) is 8.61. The second-order valence-electron chi connectivity index (χ2n) is 9.48. The molecule has 0 radical (unpaired) electrons. The van der Waals surface area contributed by atoms with Gasteiger partial charge in [-0.25, -0.2) is 0 Å². The van der Waals surface area contributed by atoms with Crippen LogP contribution >= 0.6 is 11.6 Å². The number of anilines is 1. The van der Waals surface area contributed by atoms with Crippen molar-refractivity contribution in [3.63, 3.8) is 0 Å². The summed E-state index contributed by atoms with van der Waals surface area (Å²) >= 11 is 6.16. The molecule has 0 saturated heterocycles. The fraction of sp³-hybridized carbons (Fsp3) is 0.423. The van der Waals surface area contributed by atoms with Gasteiger partial charge in [0.25, 0.3) is 5.91 Å². The van der Waals surface area contributed by atoms with Gasteiger partial charge in [0.1, 0.15) is 18.9 Å². The summed E-state index contributed by atoms with van der Waals surface area (Å²) < 4.78 is 6.85. The van der Waals surface area contributed by atoms with Crippen molar-refractivity contribution in [3.05, 3.63) is 63.7 Å². The van der Waals surface area contributed by atoms with Crippen molar-refractivity contribution < 1.29 is 14.0 Å². The van der Waals surface area contributed by atoms with E-state index < -0.39 is 0 Å². The van der Waals surface area contributed by atoms with Gasteiger partial charge in [0.15, 0.2) is 0 Å². The fourth-order valence-corrected chi connectivity index (χ4v) is 5.14. The van der Waals surface area contributed by atoms with Gasteiger partial charge in [0.2, 0.25) is 0 Å². The third kappa shape index (κ3) is 5.13. The van der Waals surface area contributed by atoms with Crippen LogP contribution in [0.4, 0.5) is 5.69 Å². The van der Waals surface area contributed by atoms with Crippen molar-refractivity contribution in [1.29, 1.82) is 0 Å². The van der Waals surface area contributed by atoms with Crippen molar-refractivity contribution in [1.82, 2.24) is 0 Å². The zero-order valence-corrected chi connectivity index (χ0v) is 19.5. The molecule has 0 bridgehead atoms. The monoisotopic (exact) mass is 439 g/mol. The maximum atomic E-state index is 12.8. The summed E-state index contributed by atoms with van der Waals surface area (Å²) in [4.78, 5) is 12.8. The molecule has 0 spiro atoms.